The van der Waals surface area contributed by atoms with Crippen molar-refractivity contribution >= 4 is 0 Å². The maximum atomic E-state index is 9.02. The fourth-order valence-electron chi connectivity index (χ4n) is 1.81. The Morgan fingerprint density at radius 1 is 1.38 bits per heavy atom. The molecule has 0 unspecified atom stereocenters. The third kappa shape index (κ3) is 2.53. The Morgan fingerprint density at radius 2 is 2.12 bits per heavy atom. The minimum atomic E-state index is 0.184. The molecule has 1 heterocycles. The van der Waals surface area contributed by atoms with Crippen LogP contribution in [-0.4, -0.2) is 19.3 Å². The number of nitrogens with zero attached hydrogens (tertiary/aromatic N) is 1. The van der Waals surface area contributed by atoms with Crippen molar-refractivity contribution in [2.45, 2.75) is 25.9 Å². The second kappa shape index (κ2) is 5.00. The molecule has 1 aromatic rings. The molecule has 0 aliphatic carbocycles. The number of rotatable bonds is 2. The average molecular weight is 217 g/mol. The van der Waals surface area contributed by atoms with Crippen LogP contribution in [0.25, 0.3) is 0 Å². The van der Waals surface area contributed by atoms with Gasteiger partial charge < -0.3 is 9.47 Å². The van der Waals surface area contributed by atoms with Crippen LogP contribution in [0.15, 0.2) is 18.2 Å². The number of aryl methyl sites for hydroxylation is 1. The zero-order chi connectivity index (χ0) is 11.4. The van der Waals surface area contributed by atoms with Crippen molar-refractivity contribution < 1.29 is 9.47 Å². The molecule has 16 heavy (non-hydrogen) atoms. The van der Waals surface area contributed by atoms with Gasteiger partial charge in [-0.05, 0) is 24.6 Å². The number of hydrogen-bond acceptors (Lipinski definition) is 3. The Kier molecular flexibility index (Phi) is 3.43. The summed E-state index contributed by atoms with van der Waals surface area (Å²) in [6.45, 7) is 3.47. The molecule has 1 fully saturated rings. The molecule has 84 valence electrons. The van der Waals surface area contributed by atoms with Gasteiger partial charge in [-0.25, -0.2) is 0 Å². The standard InChI is InChI=1S/C13H15NO2/c1-10-2-3-13(11(8-10)9-14)16-12-4-6-15-7-5-12/h2-3,8,12H,4-7H2,1H3. The summed E-state index contributed by atoms with van der Waals surface area (Å²) in [5.74, 6) is 0.694. The van der Waals surface area contributed by atoms with Gasteiger partial charge in [0.15, 0.2) is 0 Å². The van der Waals surface area contributed by atoms with E-state index in [0.29, 0.717) is 11.3 Å². The second-order valence-electron chi connectivity index (χ2n) is 4.04. The number of benzene rings is 1. The van der Waals surface area contributed by atoms with Crippen molar-refractivity contribution in [3.63, 3.8) is 0 Å². The zero-order valence-electron chi connectivity index (χ0n) is 9.40. The smallest absolute Gasteiger partial charge is 0.137 e. The maximum absolute atomic E-state index is 9.02. The van der Waals surface area contributed by atoms with E-state index in [1.54, 1.807) is 0 Å². The Hall–Kier alpha value is -1.53. The van der Waals surface area contributed by atoms with Gasteiger partial charge in [0.05, 0.1) is 18.8 Å². The number of nitriles is 1. The van der Waals surface area contributed by atoms with Crippen molar-refractivity contribution in [2.75, 3.05) is 13.2 Å². The molecule has 0 spiro atoms. The van der Waals surface area contributed by atoms with Gasteiger partial charge in [-0.3, -0.25) is 0 Å². The highest BCUT2D eigenvalue weighted by molar-refractivity contribution is 5.45. The Labute approximate surface area is 95.6 Å². The lowest BCUT2D eigenvalue weighted by atomic mass is 10.1. The first-order valence-corrected chi connectivity index (χ1v) is 5.55. The summed E-state index contributed by atoms with van der Waals surface area (Å²) in [5, 5.41) is 9.02. The Morgan fingerprint density at radius 3 is 2.81 bits per heavy atom. The molecule has 0 atom stereocenters. The largest absolute Gasteiger partial charge is 0.489 e. The summed E-state index contributed by atoms with van der Waals surface area (Å²) in [6.07, 6.45) is 1.99. The molecule has 0 bridgehead atoms. The lowest BCUT2D eigenvalue weighted by Crippen LogP contribution is -2.26. The monoisotopic (exact) mass is 217 g/mol. The Bertz CT molecular complexity index is 403. The van der Waals surface area contributed by atoms with Crippen LogP contribution in [0.1, 0.15) is 24.0 Å². The topological polar surface area (TPSA) is 42.2 Å². The average Bonchev–Trinajstić information content (AvgIpc) is 2.33. The van der Waals surface area contributed by atoms with Crippen LogP contribution in [0.5, 0.6) is 5.75 Å². The molecule has 1 aliphatic rings. The highest BCUT2D eigenvalue weighted by Crippen LogP contribution is 2.23. The van der Waals surface area contributed by atoms with Gasteiger partial charge in [-0.15, -0.1) is 0 Å². The molecule has 1 aromatic carbocycles. The lowest BCUT2D eigenvalue weighted by Gasteiger charge is -2.23. The van der Waals surface area contributed by atoms with Crippen LogP contribution in [0, 0.1) is 18.3 Å². The highest BCUT2D eigenvalue weighted by Gasteiger charge is 2.16. The fourth-order valence-corrected chi connectivity index (χ4v) is 1.81. The van der Waals surface area contributed by atoms with E-state index < -0.39 is 0 Å². The second-order valence-corrected chi connectivity index (χ2v) is 4.04. The lowest BCUT2D eigenvalue weighted by molar-refractivity contribution is 0.0254. The van der Waals surface area contributed by atoms with E-state index in [2.05, 4.69) is 6.07 Å². The normalized spacial score (nSPS) is 16.8. The highest BCUT2D eigenvalue weighted by atomic mass is 16.5. The fraction of sp³-hybridized carbons (Fsp3) is 0.462. The van der Waals surface area contributed by atoms with E-state index in [1.165, 1.54) is 0 Å². The van der Waals surface area contributed by atoms with Crippen LogP contribution >= 0.6 is 0 Å². The maximum Gasteiger partial charge on any atom is 0.137 e. The molecule has 0 radical (unpaired) electrons. The molecule has 3 heteroatoms. The molecule has 3 nitrogen and oxygen atoms in total. The quantitative estimate of drug-likeness (QED) is 0.764. The van der Waals surface area contributed by atoms with Crippen molar-refractivity contribution in [2.24, 2.45) is 0 Å². The van der Waals surface area contributed by atoms with Gasteiger partial charge in [-0.2, -0.15) is 5.26 Å². The predicted molar refractivity (Wildman–Crippen MR) is 60.4 cm³/mol. The van der Waals surface area contributed by atoms with Gasteiger partial charge in [0.25, 0.3) is 0 Å². The molecule has 0 aromatic heterocycles. The number of hydrogen-bond donors (Lipinski definition) is 0. The van der Waals surface area contributed by atoms with Crippen molar-refractivity contribution in [3.8, 4) is 11.8 Å². The van der Waals surface area contributed by atoms with E-state index in [4.69, 9.17) is 14.7 Å². The summed E-state index contributed by atoms with van der Waals surface area (Å²) < 4.78 is 11.1. The molecular formula is C13H15NO2. The van der Waals surface area contributed by atoms with Gasteiger partial charge in [0.1, 0.15) is 17.9 Å². The summed E-state index contributed by atoms with van der Waals surface area (Å²) >= 11 is 0. The summed E-state index contributed by atoms with van der Waals surface area (Å²) in [4.78, 5) is 0. The van der Waals surface area contributed by atoms with Crippen LogP contribution in [0.3, 0.4) is 0 Å². The molecule has 1 saturated heterocycles. The zero-order valence-corrected chi connectivity index (χ0v) is 9.40. The SMILES string of the molecule is Cc1ccc(OC2CCOCC2)c(C#N)c1. The van der Waals surface area contributed by atoms with Crippen molar-refractivity contribution in [3.05, 3.63) is 29.3 Å². The van der Waals surface area contributed by atoms with Gasteiger partial charge >= 0.3 is 0 Å². The first kappa shape index (κ1) is 11.0. The van der Waals surface area contributed by atoms with Crippen LogP contribution in [0.2, 0.25) is 0 Å². The summed E-state index contributed by atoms with van der Waals surface area (Å²) in [7, 11) is 0. The van der Waals surface area contributed by atoms with Crippen LogP contribution < -0.4 is 4.74 Å². The van der Waals surface area contributed by atoms with Crippen LogP contribution in [0.4, 0.5) is 0 Å². The predicted octanol–water partition coefficient (Wildman–Crippen LogP) is 2.42. The molecular weight excluding hydrogens is 202 g/mol. The van der Waals surface area contributed by atoms with Gasteiger partial charge in [0, 0.05) is 12.8 Å². The van der Waals surface area contributed by atoms with Crippen molar-refractivity contribution in [1.29, 1.82) is 5.26 Å². The van der Waals surface area contributed by atoms with Crippen LogP contribution in [-0.2, 0) is 4.74 Å². The number of ether oxygens (including phenoxy) is 2. The van der Waals surface area contributed by atoms with Gasteiger partial charge in [0.2, 0.25) is 0 Å². The van der Waals surface area contributed by atoms with E-state index in [1.807, 2.05) is 25.1 Å². The minimum Gasteiger partial charge on any atom is -0.489 e. The minimum absolute atomic E-state index is 0.184. The van der Waals surface area contributed by atoms with E-state index >= 15 is 0 Å². The first-order chi connectivity index (χ1) is 7.79. The van der Waals surface area contributed by atoms with Gasteiger partial charge in [-0.1, -0.05) is 6.07 Å². The Balaban J connectivity index is 2.11. The summed E-state index contributed by atoms with van der Waals surface area (Å²) in [6, 6.07) is 7.87. The van der Waals surface area contributed by atoms with E-state index in [9.17, 15) is 0 Å². The molecule has 0 amide bonds. The third-order valence-electron chi connectivity index (χ3n) is 2.72. The summed E-state index contributed by atoms with van der Waals surface area (Å²) in [5.41, 5.74) is 1.70. The first-order valence-electron chi connectivity index (χ1n) is 5.55. The van der Waals surface area contributed by atoms with E-state index in [0.717, 1.165) is 31.6 Å². The molecule has 0 saturated carbocycles. The molecule has 0 N–H and O–H groups in total. The third-order valence-corrected chi connectivity index (χ3v) is 2.72. The van der Waals surface area contributed by atoms with Crippen molar-refractivity contribution in [1.82, 2.24) is 0 Å². The van der Waals surface area contributed by atoms with E-state index in [-0.39, 0.29) is 6.10 Å². The molecule has 2 rings (SSSR count). The molecule has 1 aliphatic heterocycles.